The van der Waals surface area contributed by atoms with E-state index in [2.05, 4.69) is 16.0 Å². The molecule has 0 spiro atoms. The van der Waals surface area contributed by atoms with E-state index in [1.807, 2.05) is 56.3 Å². The third kappa shape index (κ3) is 8.73. The highest BCUT2D eigenvalue weighted by Crippen LogP contribution is 2.24. The molecule has 0 aromatic heterocycles. The van der Waals surface area contributed by atoms with E-state index in [0.29, 0.717) is 39.9 Å². The number of benzene rings is 4. The molecule has 4 aromatic rings. The fourth-order valence-electron chi connectivity index (χ4n) is 3.88. The zero-order valence-electron chi connectivity index (χ0n) is 23.1. The lowest BCUT2D eigenvalue weighted by molar-refractivity contribution is -0.114. The predicted molar refractivity (Wildman–Crippen MR) is 170 cm³/mol. The van der Waals surface area contributed by atoms with E-state index < -0.39 is 11.8 Å². The van der Waals surface area contributed by atoms with E-state index in [-0.39, 0.29) is 17.4 Å². The molecule has 4 rings (SSSR count). The second-order valence-electron chi connectivity index (χ2n) is 9.12. The molecule has 42 heavy (non-hydrogen) atoms. The van der Waals surface area contributed by atoms with Gasteiger partial charge in [-0.1, -0.05) is 54.1 Å². The first kappa shape index (κ1) is 30.4. The Balaban J connectivity index is 1.44. The summed E-state index contributed by atoms with van der Waals surface area (Å²) < 4.78 is 5.70. The number of anilines is 2. The Morgan fingerprint density at radius 1 is 0.881 bits per heavy atom. The summed E-state index contributed by atoms with van der Waals surface area (Å²) >= 11 is 7.41. The van der Waals surface area contributed by atoms with E-state index in [1.54, 1.807) is 60.7 Å². The minimum absolute atomic E-state index is 0.0578. The highest BCUT2D eigenvalue weighted by atomic mass is 35.5. The van der Waals surface area contributed by atoms with Gasteiger partial charge in [0.05, 0.1) is 12.4 Å². The zero-order chi connectivity index (χ0) is 29.9. The van der Waals surface area contributed by atoms with Gasteiger partial charge in [0.25, 0.3) is 11.8 Å². The average Bonchev–Trinajstić information content (AvgIpc) is 2.99. The summed E-state index contributed by atoms with van der Waals surface area (Å²) in [4.78, 5) is 39.6. The number of hydrogen-bond acceptors (Lipinski definition) is 5. The number of aryl methyl sites for hydroxylation is 1. The van der Waals surface area contributed by atoms with Gasteiger partial charge in [-0.3, -0.25) is 14.4 Å². The molecular weight excluding hydrogens is 570 g/mol. The number of carbonyl (C=O) groups excluding carboxylic acids is 3. The number of thioether (sulfide) groups is 1. The van der Waals surface area contributed by atoms with Crippen molar-refractivity contribution in [3.05, 3.63) is 124 Å². The first-order chi connectivity index (χ1) is 20.3. The predicted octanol–water partition coefficient (Wildman–Crippen LogP) is 7.19. The van der Waals surface area contributed by atoms with Gasteiger partial charge in [-0.25, -0.2) is 0 Å². The van der Waals surface area contributed by atoms with Gasteiger partial charge in [-0.2, -0.15) is 0 Å². The van der Waals surface area contributed by atoms with Crippen LogP contribution in [0.2, 0.25) is 5.02 Å². The maximum Gasteiger partial charge on any atom is 0.272 e. The molecule has 4 aromatic carbocycles. The molecule has 0 atom stereocenters. The van der Waals surface area contributed by atoms with Crippen LogP contribution in [-0.4, -0.2) is 30.1 Å². The Hall–Kier alpha value is -4.53. The van der Waals surface area contributed by atoms with E-state index >= 15 is 0 Å². The molecule has 3 amide bonds. The molecule has 7 nitrogen and oxygen atoms in total. The summed E-state index contributed by atoms with van der Waals surface area (Å²) in [5.74, 6) is -0.268. The number of nitrogens with one attached hydrogen (secondary N) is 3. The monoisotopic (exact) mass is 599 g/mol. The SMILES string of the molecule is CCOc1ccccc1/C=C(\NC(=O)c1ccccc1)C(=O)Nc1ccc(SCC(=O)Nc2cc(Cl)ccc2C)cc1. The van der Waals surface area contributed by atoms with Crippen molar-refractivity contribution in [2.75, 3.05) is 23.0 Å². The standard InChI is InChI=1S/C33H30ClN3O4S/c1-3-41-30-12-8-7-11-24(30)19-29(37-32(39)23-9-5-4-6-10-23)33(40)35-26-15-17-27(18-16-26)42-21-31(38)36-28-20-25(34)14-13-22(28)2/h4-20H,3,21H2,1-2H3,(H,35,40)(H,36,38)(H,37,39)/b29-19-. The minimum atomic E-state index is -0.498. The number of carbonyl (C=O) groups is 3. The highest BCUT2D eigenvalue weighted by Gasteiger charge is 2.16. The maximum absolute atomic E-state index is 13.4. The Labute approximate surface area is 254 Å². The lowest BCUT2D eigenvalue weighted by atomic mass is 10.1. The van der Waals surface area contributed by atoms with E-state index in [9.17, 15) is 14.4 Å². The van der Waals surface area contributed by atoms with Gasteiger partial charge in [0.1, 0.15) is 11.4 Å². The molecular formula is C33H30ClN3O4S. The van der Waals surface area contributed by atoms with Crippen LogP contribution in [0.3, 0.4) is 0 Å². The molecule has 0 fully saturated rings. The fourth-order valence-corrected chi connectivity index (χ4v) is 4.75. The minimum Gasteiger partial charge on any atom is -0.493 e. The van der Waals surface area contributed by atoms with Crippen LogP contribution in [0.4, 0.5) is 11.4 Å². The molecule has 0 aliphatic heterocycles. The van der Waals surface area contributed by atoms with Crippen LogP contribution in [-0.2, 0) is 9.59 Å². The van der Waals surface area contributed by atoms with Gasteiger partial charge in [0, 0.05) is 32.4 Å². The second-order valence-corrected chi connectivity index (χ2v) is 10.6. The van der Waals surface area contributed by atoms with Crippen molar-refractivity contribution < 1.29 is 19.1 Å². The van der Waals surface area contributed by atoms with Gasteiger partial charge >= 0.3 is 0 Å². The first-order valence-corrected chi connectivity index (χ1v) is 14.6. The molecule has 0 saturated carbocycles. The van der Waals surface area contributed by atoms with Crippen LogP contribution < -0.4 is 20.7 Å². The lowest BCUT2D eigenvalue weighted by Gasteiger charge is -2.13. The Morgan fingerprint density at radius 3 is 2.33 bits per heavy atom. The molecule has 0 unspecified atom stereocenters. The van der Waals surface area contributed by atoms with Crippen LogP contribution >= 0.6 is 23.4 Å². The van der Waals surface area contributed by atoms with E-state index in [4.69, 9.17) is 16.3 Å². The van der Waals surface area contributed by atoms with Crippen molar-refractivity contribution in [2.24, 2.45) is 0 Å². The van der Waals surface area contributed by atoms with Crippen LogP contribution in [0.5, 0.6) is 5.75 Å². The molecule has 0 aliphatic rings. The first-order valence-electron chi connectivity index (χ1n) is 13.2. The summed E-state index contributed by atoms with van der Waals surface area (Å²) in [5.41, 5.74) is 3.26. The Morgan fingerprint density at radius 2 is 1.60 bits per heavy atom. The summed E-state index contributed by atoms with van der Waals surface area (Å²) in [7, 11) is 0. The molecule has 0 bridgehead atoms. The average molecular weight is 600 g/mol. The quantitative estimate of drug-likeness (QED) is 0.125. The topological polar surface area (TPSA) is 96.5 Å². The van der Waals surface area contributed by atoms with Crippen molar-refractivity contribution in [2.45, 2.75) is 18.7 Å². The molecule has 3 N–H and O–H groups in total. The smallest absolute Gasteiger partial charge is 0.272 e. The summed E-state index contributed by atoms with van der Waals surface area (Å²) in [5, 5.41) is 9.02. The number of amides is 3. The van der Waals surface area contributed by atoms with Gasteiger partial charge in [0.2, 0.25) is 5.91 Å². The van der Waals surface area contributed by atoms with Crippen LogP contribution in [0, 0.1) is 6.92 Å². The van der Waals surface area contributed by atoms with E-state index in [0.717, 1.165) is 10.5 Å². The highest BCUT2D eigenvalue weighted by molar-refractivity contribution is 8.00. The van der Waals surface area contributed by atoms with Crippen molar-refractivity contribution in [1.29, 1.82) is 0 Å². The molecule has 9 heteroatoms. The number of para-hydroxylation sites is 1. The molecule has 0 heterocycles. The zero-order valence-corrected chi connectivity index (χ0v) is 24.7. The van der Waals surface area contributed by atoms with Crippen molar-refractivity contribution >= 4 is 58.5 Å². The summed E-state index contributed by atoms with van der Waals surface area (Å²) in [6, 6.07) is 28.4. The molecule has 0 saturated heterocycles. The third-order valence-corrected chi connectivity index (χ3v) is 7.25. The van der Waals surface area contributed by atoms with Gasteiger partial charge in [0.15, 0.2) is 0 Å². The third-order valence-electron chi connectivity index (χ3n) is 6.00. The second kappa shape index (κ2) is 14.9. The molecule has 0 radical (unpaired) electrons. The van der Waals surface area contributed by atoms with Crippen LogP contribution in [0.15, 0.2) is 108 Å². The largest absolute Gasteiger partial charge is 0.493 e. The molecule has 214 valence electrons. The lowest BCUT2D eigenvalue weighted by Crippen LogP contribution is -2.30. The Kier molecular flexibility index (Phi) is 10.8. The van der Waals surface area contributed by atoms with Crippen LogP contribution in [0.1, 0.15) is 28.4 Å². The number of ether oxygens (including phenoxy) is 1. The van der Waals surface area contributed by atoms with Gasteiger partial charge in [-0.05, 0) is 80.1 Å². The van der Waals surface area contributed by atoms with Gasteiger partial charge in [-0.15, -0.1) is 11.8 Å². The van der Waals surface area contributed by atoms with Gasteiger partial charge < -0.3 is 20.7 Å². The fraction of sp³-hybridized carbons (Fsp3) is 0.121. The van der Waals surface area contributed by atoms with Crippen molar-refractivity contribution in [1.82, 2.24) is 5.32 Å². The van der Waals surface area contributed by atoms with Crippen molar-refractivity contribution in [3.8, 4) is 5.75 Å². The van der Waals surface area contributed by atoms with Crippen molar-refractivity contribution in [3.63, 3.8) is 0 Å². The summed E-state index contributed by atoms with van der Waals surface area (Å²) in [6.07, 6.45) is 1.59. The number of hydrogen-bond donors (Lipinski definition) is 3. The summed E-state index contributed by atoms with van der Waals surface area (Å²) in [6.45, 7) is 4.23. The number of halogens is 1. The Bertz CT molecular complexity index is 1590. The molecule has 0 aliphatic carbocycles. The number of rotatable bonds is 11. The van der Waals surface area contributed by atoms with E-state index in [1.165, 1.54) is 11.8 Å². The maximum atomic E-state index is 13.4. The van der Waals surface area contributed by atoms with Crippen LogP contribution in [0.25, 0.3) is 6.08 Å². The normalized spacial score (nSPS) is 11.0.